The maximum Gasteiger partial charge on any atom is 0.147 e. The van der Waals surface area contributed by atoms with E-state index in [4.69, 9.17) is 4.74 Å². The van der Waals surface area contributed by atoms with Crippen LogP contribution in [0.5, 0.6) is 5.75 Å². The molecule has 5 nitrogen and oxygen atoms in total. The van der Waals surface area contributed by atoms with Gasteiger partial charge in [0.1, 0.15) is 17.4 Å². The highest BCUT2D eigenvalue weighted by atomic mass is 16.5. The molecule has 1 atom stereocenters. The molecule has 1 aromatic carbocycles. The van der Waals surface area contributed by atoms with Crippen LogP contribution in [-0.2, 0) is 6.54 Å². The van der Waals surface area contributed by atoms with Gasteiger partial charge in [0.05, 0.1) is 19.7 Å². The molecule has 1 unspecified atom stereocenters. The molecule has 21 heavy (non-hydrogen) atoms. The van der Waals surface area contributed by atoms with Gasteiger partial charge in [0.15, 0.2) is 0 Å². The Kier molecular flexibility index (Phi) is 5.33. The standard InChI is InChI=1S/C16H24N4O/c1-5-10-17-16(11-20-13(3)18-12(2)19-20)14-6-8-15(21-4)9-7-14/h6-9,16-17H,5,10-11H2,1-4H3. The number of nitrogens with zero attached hydrogens (tertiary/aromatic N) is 3. The fraction of sp³-hybridized carbons (Fsp3) is 0.500. The van der Waals surface area contributed by atoms with Gasteiger partial charge in [0.25, 0.3) is 0 Å². The molecule has 1 aromatic heterocycles. The number of aryl methyl sites for hydroxylation is 2. The quantitative estimate of drug-likeness (QED) is 0.851. The molecular formula is C16H24N4O. The smallest absolute Gasteiger partial charge is 0.147 e. The number of aromatic nitrogens is 3. The van der Waals surface area contributed by atoms with Crippen LogP contribution in [-0.4, -0.2) is 28.4 Å². The van der Waals surface area contributed by atoms with Crippen molar-refractivity contribution >= 4 is 0 Å². The second-order valence-corrected chi connectivity index (χ2v) is 5.17. The van der Waals surface area contributed by atoms with Crippen LogP contribution in [0.2, 0.25) is 0 Å². The molecule has 0 saturated heterocycles. The van der Waals surface area contributed by atoms with Gasteiger partial charge in [-0.25, -0.2) is 9.67 Å². The number of benzene rings is 1. The van der Waals surface area contributed by atoms with Gasteiger partial charge in [-0.2, -0.15) is 5.10 Å². The molecule has 2 rings (SSSR count). The van der Waals surface area contributed by atoms with Crippen LogP contribution in [0.3, 0.4) is 0 Å². The van der Waals surface area contributed by atoms with Crippen LogP contribution in [0.4, 0.5) is 0 Å². The Balaban J connectivity index is 2.18. The molecule has 0 amide bonds. The van der Waals surface area contributed by atoms with E-state index in [1.54, 1.807) is 7.11 Å². The van der Waals surface area contributed by atoms with Crippen LogP contribution >= 0.6 is 0 Å². The molecular weight excluding hydrogens is 264 g/mol. The fourth-order valence-electron chi connectivity index (χ4n) is 2.35. The number of rotatable bonds is 7. The van der Waals surface area contributed by atoms with Crippen LogP contribution in [0.1, 0.15) is 36.6 Å². The van der Waals surface area contributed by atoms with E-state index in [9.17, 15) is 0 Å². The van der Waals surface area contributed by atoms with E-state index in [1.807, 2.05) is 30.7 Å². The second-order valence-electron chi connectivity index (χ2n) is 5.17. The maximum absolute atomic E-state index is 5.22. The van der Waals surface area contributed by atoms with E-state index >= 15 is 0 Å². The van der Waals surface area contributed by atoms with Gasteiger partial charge in [-0.15, -0.1) is 0 Å². The van der Waals surface area contributed by atoms with E-state index in [0.717, 1.165) is 36.9 Å². The lowest BCUT2D eigenvalue weighted by Gasteiger charge is -2.19. The summed E-state index contributed by atoms with van der Waals surface area (Å²) in [4.78, 5) is 4.37. The Morgan fingerprint density at radius 1 is 1.24 bits per heavy atom. The van der Waals surface area contributed by atoms with Crippen LogP contribution in [0, 0.1) is 13.8 Å². The molecule has 0 radical (unpaired) electrons. The molecule has 0 aliphatic heterocycles. The molecule has 0 bridgehead atoms. The average Bonchev–Trinajstić information content (AvgIpc) is 2.81. The number of methoxy groups -OCH3 is 1. The third-order valence-electron chi connectivity index (χ3n) is 3.48. The molecule has 2 aromatic rings. The monoisotopic (exact) mass is 288 g/mol. The lowest BCUT2D eigenvalue weighted by molar-refractivity contribution is 0.412. The minimum atomic E-state index is 0.218. The summed E-state index contributed by atoms with van der Waals surface area (Å²) >= 11 is 0. The molecule has 1 heterocycles. The van der Waals surface area contributed by atoms with Crippen LogP contribution in [0.15, 0.2) is 24.3 Å². The largest absolute Gasteiger partial charge is 0.497 e. The van der Waals surface area contributed by atoms with Crippen LogP contribution in [0.25, 0.3) is 0 Å². The Morgan fingerprint density at radius 3 is 2.48 bits per heavy atom. The van der Waals surface area contributed by atoms with E-state index < -0.39 is 0 Å². The van der Waals surface area contributed by atoms with Crippen molar-refractivity contribution in [1.82, 2.24) is 20.1 Å². The van der Waals surface area contributed by atoms with Gasteiger partial charge in [-0.1, -0.05) is 19.1 Å². The molecule has 0 saturated carbocycles. The lowest BCUT2D eigenvalue weighted by Crippen LogP contribution is -2.27. The molecule has 0 aliphatic carbocycles. The fourth-order valence-corrected chi connectivity index (χ4v) is 2.35. The zero-order valence-corrected chi connectivity index (χ0v) is 13.3. The molecule has 0 fully saturated rings. The van der Waals surface area contributed by atoms with Crippen molar-refractivity contribution in [3.8, 4) is 5.75 Å². The number of nitrogens with one attached hydrogen (secondary N) is 1. The summed E-state index contributed by atoms with van der Waals surface area (Å²) in [6.45, 7) is 7.83. The summed E-state index contributed by atoms with van der Waals surface area (Å²) in [7, 11) is 1.68. The second kappa shape index (κ2) is 7.22. The van der Waals surface area contributed by atoms with Gasteiger partial charge < -0.3 is 10.1 Å². The molecule has 5 heteroatoms. The van der Waals surface area contributed by atoms with Crippen molar-refractivity contribution in [2.75, 3.05) is 13.7 Å². The van der Waals surface area contributed by atoms with Crippen molar-refractivity contribution in [2.24, 2.45) is 0 Å². The number of ether oxygens (including phenoxy) is 1. The SMILES string of the molecule is CCCNC(Cn1nc(C)nc1C)c1ccc(OC)cc1. The molecule has 1 N–H and O–H groups in total. The molecule has 0 spiro atoms. The number of hydrogen-bond donors (Lipinski definition) is 1. The first-order valence-electron chi connectivity index (χ1n) is 7.39. The van der Waals surface area contributed by atoms with Gasteiger partial charge >= 0.3 is 0 Å². The highest BCUT2D eigenvalue weighted by Crippen LogP contribution is 2.19. The molecule has 114 valence electrons. The van der Waals surface area contributed by atoms with Crippen molar-refractivity contribution in [1.29, 1.82) is 0 Å². The minimum Gasteiger partial charge on any atom is -0.497 e. The first kappa shape index (κ1) is 15.5. The summed E-state index contributed by atoms with van der Waals surface area (Å²) in [6, 6.07) is 8.41. The van der Waals surface area contributed by atoms with E-state index in [-0.39, 0.29) is 6.04 Å². The summed E-state index contributed by atoms with van der Waals surface area (Å²) in [6.07, 6.45) is 1.10. The highest BCUT2D eigenvalue weighted by Gasteiger charge is 2.14. The maximum atomic E-state index is 5.22. The third kappa shape index (κ3) is 4.04. The Labute approximate surface area is 126 Å². The van der Waals surface area contributed by atoms with E-state index in [2.05, 4.69) is 34.5 Å². The van der Waals surface area contributed by atoms with Gasteiger partial charge in [0, 0.05) is 0 Å². The van der Waals surface area contributed by atoms with Crippen molar-refractivity contribution in [2.45, 2.75) is 39.8 Å². The summed E-state index contributed by atoms with van der Waals surface area (Å²) < 4.78 is 7.19. The van der Waals surface area contributed by atoms with Crippen molar-refractivity contribution in [3.05, 3.63) is 41.5 Å². The first-order valence-corrected chi connectivity index (χ1v) is 7.39. The zero-order valence-electron chi connectivity index (χ0n) is 13.3. The zero-order chi connectivity index (χ0) is 15.2. The van der Waals surface area contributed by atoms with E-state index in [1.165, 1.54) is 5.56 Å². The van der Waals surface area contributed by atoms with Crippen molar-refractivity contribution in [3.63, 3.8) is 0 Å². The average molecular weight is 288 g/mol. The highest BCUT2D eigenvalue weighted by molar-refractivity contribution is 5.29. The summed E-state index contributed by atoms with van der Waals surface area (Å²) in [5, 5.41) is 8.04. The Hall–Kier alpha value is -1.88. The van der Waals surface area contributed by atoms with E-state index in [0.29, 0.717) is 0 Å². The topological polar surface area (TPSA) is 52.0 Å². The normalized spacial score (nSPS) is 12.4. The van der Waals surface area contributed by atoms with Crippen LogP contribution < -0.4 is 10.1 Å². The third-order valence-corrected chi connectivity index (χ3v) is 3.48. The Morgan fingerprint density at radius 2 is 1.95 bits per heavy atom. The summed E-state index contributed by atoms with van der Waals surface area (Å²) in [5.41, 5.74) is 1.23. The van der Waals surface area contributed by atoms with Crippen molar-refractivity contribution < 1.29 is 4.74 Å². The number of hydrogen-bond acceptors (Lipinski definition) is 4. The lowest BCUT2D eigenvalue weighted by atomic mass is 10.1. The Bertz CT molecular complexity index is 562. The first-order chi connectivity index (χ1) is 10.1. The predicted molar refractivity (Wildman–Crippen MR) is 83.5 cm³/mol. The van der Waals surface area contributed by atoms with Gasteiger partial charge in [0.2, 0.25) is 0 Å². The van der Waals surface area contributed by atoms with Gasteiger partial charge in [-0.05, 0) is 44.5 Å². The summed E-state index contributed by atoms with van der Waals surface area (Å²) in [5.74, 6) is 2.64. The predicted octanol–water partition coefficient (Wildman–Crippen LogP) is 2.64. The van der Waals surface area contributed by atoms with Gasteiger partial charge in [-0.3, -0.25) is 0 Å². The molecule has 0 aliphatic rings. The minimum absolute atomic E-state index is 0.218.